The lowest BCUT2D eigenvalue weighted by Crippen LogP contribution is -2.25. The maximum Gasteiger partial charge on any atom is 0.240 e. The van der Waals surface area contributed by atoms with Gasteiger partial charge in [0.05, 0.1) is 4.90 Å². The number of hydrogen-bond donors (Lipinski definition) is 2. The van der Waals surface area contributed by atoms with Gasteiger partial charge in [0.1, 0.15) is 5.75 Å². The fraction of sp³-hybridized carbons (Fsp3) is 0.250. The lowest BCUT2D eigenvalue weighted by molar-refractivity contribution is 0.474. The average Bonchev–Trinajstić information content (AvgIpc) is 2.44. The number of phenolic OH excluding ortho intramolecular Hbond substituents is 1. The summed E-state index contributed by atoms with van der Waals surface area (Å²) in [7, 11) is -3.45. The molecule has 0 unspecified atom stereocenters. The summed E-state index contributed by atoms with van der Waals surface area (Å²) in [6.45, 7) is 2.15. The van der Waals surface area contributed by atoms with Gasteiger partial charge in [-0.1, -0.05) is 30.3 Å². The van der Waals surface area contributed by atoms with Crippen LogP contribution in [0.4, 0.5) is 0 Å². The second kappa shape index (κ2) is 6.74. The van der Waals surface area contributed by atoms with Crippen LogP contribution < -0.4 is 4.72 Å². The zero-order chi connectivity index (χ0) is 15.3. The Hall–Kier alpha value is -1.85. The Morgan fingerprint density at radius 3 is 2.57 bits per heavy atom. The Morgan fingerprint density at radius 2 is 1.86 bits per heavy atom. The van der Waals surface area contributed by atoms with E-state index in [1.807, 2.05) is 12.1 Å². The molecule has 4 nitrogen and oxygen atoms in total. The molecule has 0 amide bonds. The molecule has 0 atom stereocenters. The molecule has 21 heavy (non-hydrogen) atoms. The molecule has 2 rings (SSSR count). The van der Waals surface area contributed by atoms with Gasteiger partial charge in [0.2, 0.25) is 10.0 Å². The van der Waals surface area contributed by atoms with Crippen molar-refractivity contribution in [3.05, 3.63) is 59.7 Å². The normalized spacial score (nSPS) is 11.5. The van der Waals surface area contributed by atoms with Crippen LogP contribution in [0, 0.1) is 6.92 Å². The fourth-order valence-electron chi connectivity index (χ4n) is 2.15. The van der Waals surface area contributed by atoms with Crippen molar-refractivity contribution < 1.29 is 13.5 Å². The van der Waals surface area contributed by atoms with E-state index in [4.69, 9.17) is 0 Å². The van der Waals surface area contributed by atoms with E-state index in [2.05, 4.69) is 4.72 Å². The van der Waals surface area contributed by atoms with Crippen LogP contribution in [0.1, 0.15) is 17.5 Å². The molecule has 0 saturated carbocycles. The molecule has 2 N–H and O–H groups in total. The SMILES string of the molecule is Cc1ccccc1S(=O)(=O)NCCCc1cccc(O)c1. The molecule has 0 radical (unpaired) electrons. The number of rotatable bonds is 6. The largest absolute Gasteiger partial charge is 0.508 e. The van der Waals surface area contributed by atoms with Crippen molar-refractivity contribution in [3.63, 3.8) is 0 Å². The Balaban J connectivity index is 1.90. The molecule has 0 heterocycles. The van der Waals surface area contributed by atoms with Gasteiger partial charge >= 0.3 is 0 Å². The summed E-state index contributed by atoms with van der Waals surface area (Å²) < 4.78 is 26.9. The minimum atomic E-state index is -3.45. The van der Waals surface area contributed by atoms with E-state index in [-0.39, 0.29) is 5.75 Å². The number of benzene rings is 2. The van der Waals surface area contributed by atoms with Gasteiger partial charge in [-0.05, 0) is 49.1 Å². The molecule has 5 heteroatoms. The second-order valence-electron chi connectivity index (χ2n) is 4.94. The van der Waals surface area contributed by atoms with Crippen molar-refractivity contribution in [3.8, 4) is 5.75 Å². The van der Waals surface area contributed by atoms with Crippen LogP contribution in [0.15, 0.2) is 53.4 Å². The molecule has 0 aliphatic rings. The van der Waals surface area contributed by atoms with E-state index in [0.29, 0.717) is 24.3 Å². The van der Waals surface area contributed by atoms with Gasteiger partial charge in [-0.15, -0.1) is 0 Å². The van der Waals surface area contributed by atoms with E-state index < -0.39 is 10.0 Å². The van der Waals surface area contributed by atoms with E-state index in [1.165, 1.54) is 0 Å². The van der Waals surface area contributed by atoms with Crippen LogP contribution in [0.2, 0.25) is 0 Å². The van der Waals surface area contributed by atoms with Gasteiger partial charge in [0.25, 0.3) is 0 Å². The zero-order valence-corrected chi connectivity index (χ0v) is 12.7. The molecular weight excluding hydrogens is 286 g/mol. The molecule has 2 aromatic rings. The molecule has 0 spiro atoms. The highest BCUT2D eigenvalue weighted by molar-refractivity contribution is 7.89. The molecule has 0 aliphatic carbocycles. The first-order valence-corrected chi connectivity index (χ1v) is 8.30. The number of aryl methyl sites for hydroxylation is 2. The summed E-state index contributed by atoms with van der Waals surface area (Å²) in [5.41, 5.74) is 1.73. The predicted molar refractivity (Wildman–Crippen MR) is 82.8 cm³/mol. The Morgan fingerprint density at radius 1 is 1.10 bits per heavy atom. The van der Waals surface area contributed by atoms with Crippen LogP contribution in [-0.4, -0.2) is 20.1 Å². The van der Waals surface area contributed by atoms with Crippen LogP contribution in [0.25, 0.3) is 0 Å². The fourth-order valence-corrected chi connectivity index (χ4v) is 3.46. The van der Waals surface area contributed by atoms with Crippen LogP contribution >= 0.6 is 0 Å². The third kappa shape index (κ3) is 4.31. The van der Waals surface area contributed by atoms with E-state index in [1.54, 1.807) is 43.3 Å². The first-order valence-electron chi connectivity index (χ1n) is 6.82. The molecule has 0 aromatic heterocycles. The quantitative estimate of drug-likeness (QED) is 0.806. The molecule has 0 saturated heterocycles. The van der Waals surface area contributed by atoms with Crippen molar-refractivity contribution in [2.45, 2.75) is 24.7 Å². The lowest BCUT2D eigenvalue weighted by atomic mass is 10.1. The molecule has 2 aromatic carbocycles. The monoisotopic (exact) mass is 305 g/mol. The van der Waals surface area contributed by atoms with Crippen LogP contribution in [0.3, 0.4) is 0 Å². The third-order valence-corrected chi connectivity index (χ3v) is 4.85. The molecule has 0 aliphatic heterocycles. The highest BCUT2D eigenvalue weighted by Crippen LogP contribution is 2.14. The number of hydrogen-bond acceptors (Lipinski definition) is 3. The van der Waals surface area contributed by atoms with Gasteiger partial charge in [0, 0.05) is 6.54 Å². The minimum absolute atomic E-state index is 0.230. The minimum Gasteiger partial charge on any atom is -0.508 e. The van der Waals surface area contributed by atoms with Crippen molar-refractivity contribution in [1.82, 2.24) is 4.72 Å². The number of phenols is 1. The summed E-state index contributed by atoms with van der Waals surface area (Å²) in [5, 5.41) is 9.37. The maximum absolute atomic E-state index is 12.2. The Bertz CT molecular complexity index is 711. The van der Waals surface area contributed by atoms with E-state index in [9.17, 15) is 13.5 Å². The van der Waals surface area contributed by atoms with Gasteiger partial charge in [-0.25, -0.2) is 13.1 Å². The van der Waals surface area contributed by atoms with Gasteiger partial charge in [-0.2, -0.15) is 0 Å². The van der Waals surface area contributed by atoms with E-state index in [0.717, 1.165) is 11.1 Å². The standard InChI is InChI=1S/C16H19NO3S/c1-13-6-2-3-10-16(13)21(19,20)17-11-5-8-14-7-4-9-15(18)12-14/h2-4,6-7,9-10,12,17-18H,5,8,11H2,1H3. The number of nitrogens with one attached hydrogen (secondary N) is 1. The summed E-state index contributed by atoms with van der Waals surface area (Å²) in [5.74, 6) is 0.230. The zero-order valence-electron chi connectivity index (χ0n) is 11.9. The Kier molecular flexibility index (Phi) is 4.98. The highest BCUT2D eigenvalue weighted by atomic mass is 32.2. The summed E-state index contributed by atoms with van der Waals surface area (Å²) in [4.78, 5) is 0.322. The number of sulfonamides is 1. The number of aromatic hydroxyl groups is 1. The lowest BCUT2D eigenvalue weighted by Gasteiger charge is -2.09. The van der Waals surface area contributed by atoms with Crippen molar-refractivity contribution in [2.75, 3.05) is 6.54 Å². The topological polar surface area (TPSA) is 66.4 Å². The van der Waals surface area contributed by atoms with Gasteiger partial charge in [-0.3, -0.25) is 0 Å². The first kappa shape index (κ1) is 15.5. The smallest absolute Gasteiger partial charge is 0.240 e. The molecular formula is C16H19NO3S. The Labute approximate surface area is 125 Å². The van der Waals surface area contributed by atoms with Crippen LogP contribution in [0.5, 0.6) is 5.75 Å². The molecule has 112 valence electrons. The van der Waals surface area contributed by atoms with Gasteiger partial charge in [0.15, 0.2) is 0 Å². The van der Waals surface area contributed by atoms with Crippen molar-refractivity contribution in [2.24, 2.45) is 0 Å². The van der Waals surface area contributed by atoms with Crippen molar-refractivity contribution >= 4 is 10.0 Å². The highest BCUT2D eigenvalue weighted by Gasteiger charge is 2.15. The maximum atomic E-state index is 12.2. The van der Waals surface area contributed by atoms with E-state index >= 15 is 0 Å². The average molecular weight is 305 g/mol. The third-order valence-electron chi connectivity index (χ3n) is 3.23. The first-order chi connectivity index (χ1) is 9.99. The molecule has 0 bridgehead atoms. The second-order valence-corrected chi connectivity index (χ2v) is 6.67. The summed E-state index contributed by atoms with van der Waals surface area (Å²) in [6, 6.07) is 13.9. The predicted octanol–water partition coefficient (Wildman–Crippen LogP) is 2.61. The van der Waals surface area contributed by atoms with Crippen molar-refractivity contribution in [1.29, 1.82) is 0 Å². The molecule has 0 fully saturated rings. The summed E-state index contributed by atoms with van der Waals surface area (Å²) in [6.07, 6.45) is 1.39. The van der Waals surface area contributed by atoms with Gasteiger partial charge < -0.3 is 5.11 Å². The summed E-state index contributed by atoms with van der Waals surface area (Å²) >= 11 is 0. The van der Waals surface area contributed by atoms with Crippen LogP contribution in [-0.2, 0) is 16.4 Å².